The average Bonchev–Trinajstić information content (AvgIpc) is 0. The van der Waals surface area contributed by atoms with Gasteiger partial charge in [0.2, 0.25) is 0 Å². The van der Waals surface area contributed by atoms with E-state index in [0.717, 1.165) is 0 Å². The quantitative estimate of drug-likeness (QED) is 0.379. The molecular formula is H2Br2F3-3. The summed E-state index contributed by atoms with van der Waals surface area (Å²) in [5, 5.41) is 0. The lowest BCUT2D eigenvalue weighted by atomic mass is 19.0. The normalized spacial score (nSPS) is 0. The molecule has 0 saturated carbocycles. The van der Waals surface area contributed by atoms with E-state index in [-0.39, 0.29) is 48.1 Å². The van der Waals surface area contributed by atoms with Crippen LogP contribution in [-0.4, -0.2) is 0 Å². The lowest BCUT2D eigenvalue weighted by Crippen LogP contribution is -3.00. The summed E-state index contributed by atoms with van der Waals surface area (Å²) < 4.78 is 0. The molecule has 0 rings (SSSR count). The van der Waals surface area contributed by atoms with Gasteiger partial charge in [0.15, 0.2) is 0 Å². The van der Waals surface area contributed by atoms with Gasteiger partial charge in [0, 0.05) is 0 Å². The third kappa shape index (κ3) is 63.9. The van der Waals surface area contributed by atoms with Crippen molar-refractivity contribution in [2.24, 2.45) is 0 Å². The van der Waals surface area contributed by atoms with Crippen LogP contribution in [-0.2, 0) is 0 Å². The van der Waals surface area contributed by atoms with Gasteiger partial charge < -0.3 is 14.1 Å². The Morgan fingerprint density at radius 3 is 0.400 bits per heavy atom. The number of hydrogen-bond donors (Lipinski definition) is 0. The number of rotatable bonds is 0. The van der Waals surface area contributed by atoms with Gasteiger partial charge in [-0.3, -0.25) is 0 Å². The largest absolute Gasteiger partial charge is 1.00 e. The molecule has 0 heterocycles. The predicted molar refractivity (Wildman–Crippen MR) is 20.6 cm³/mol. The minimum absolute atomic E-state index is 0. The molecule has 0 aromatic rings. The fourth-order valence-electron chi connectivity index (χ4n) is 0. The molecule has 0 aliphatic rings. The van der Waals surface area contributed by atoms with Crippen molar-refractivity contribution in [3.63, 3.8) is 0 Å². The highest BCUT2D eigenvalue weighted by Gasteiger charge is -0.113. The van der Waals surface area contributed by atoms with Gasteiger partial charge in [0.25, 0.3) is 0 Å². The topological polar surface area (TPSA) is 0 Å². The molecule has 0 N–H and O–H groups in total. The van der Waals surface area contributed by atoms with Crippen LogP contribution in [0.2, 0.25) is 0 Å². The van der Waals surface area contributed by atoms with E-state index in [9.17, 15) is 0 Å². The second-order valence-corrected chi connectivity index (χ2v) is 0. The molecule has 0 amide bonds. The van der Waals surface area contributed by atoms with Crippen molar-refractivity contribution in [1.29, 1.82) is 0 Å². The second kappa shape index (κ2) is 119. The van der Waals surface area contributed by atoms with Crippen molar-refractivity contribution in [3.8, 4) is 0 Å². The molecule has 40 valence electrons. The molecule has 0 unspecified atom stereocenters. The summed E-state index contributed by atoms with van der Waals surface area (Å²) in [6, 6.07) is 0. The first kappa shape index (κ1) is 231. The van der Waals surface area contributed by atoms with Gasteiger partial charge in [-0.15, -0.1) is 34.0 Å². The van der Waals surface area contributed by atoms with Gasteiger partial charge in [0.1, 0.15) is 0 Å². The van der Waals surface area contributed by atoms with Crippen LogP contribution >= 0.6 is 34.0 Å². The summed E-state index contributed by atoms with van der Waals surface area (Å²) in [5.74, 6) is 0. The summed E-state index contributed by atoms with van der Waals surface area (Å²) in [6.45, 7) is 0. The zero-order valence-corrected chi connectivity index (χ0v) is 5.38. The minimum Gasteiger partial charge on any atom is -1.00 e. The van der Waals surface area contributed by atoms with Gasteiger partial charge in [0.05, 0.1) is 0 Å². The van der Waals surface area contributed by atoms with E-state index in [1.54, 1.807) is 0 Å². The molecule has 0 radical (unpaired) electrons. The Morgan fingerprint density at radius 2 is 0.400 bits per heavy atom. The molecule has 0 fully saturated rings. The van der Waals surface area contributed by atoms with Gasteiger partial charge in [-0.05, 0) is 0 Å². The summed E-state index contributed by atoms with van der Waals surface area (Å²) in [4.78, 5) is 0. The van der Waals surface area contributed by atoms with E-state index in [1.165, 1.54) is 0 Å². The Labute approximate surface area is 48.6 Å². The van der Waals surface area contributed by atoms with E-state index in [2.05, 4.69) is 0 Å². The molecule has 0 aliphatic heterocycles. The van der Waals surface area contributed by atoms with E-state index in [0.29, 0.717) is 0 Å². The summed E-state index contributed by atoms with van der Waals surface area (Å²) >= 11 is 0. The van der Waals surface area contributed by atoms with E-state index in [4.69, 9.17) is 0 Å². The van der Waals surface area contributed by atoms with Crippen LogP contribution in [0, 0.1) is 0 Å². The number of halogens is 5. The zero-order valence-electron chi connectivity index (χ0n) is 1.95. The molecule has 5 heavy (non-hydrogen) atoms. The molecule has 0 saturated heterocycles. The van der Waals surface area contributed by atoms with Crippen molar-refractivity contribution in [3.05, 3.63) is 0 Å². The van der Waals surface area contributed by atoms with Crippen molar-refractivity contribution in [2.75, 3.05) is 0 Å². The summed E-state index contributed by atoms with van der Waals surface area (Å²) in [6.07, 6.45) is 0. The van der Waals surface area contributed by atoms with Crippen LogP contribution in [0.15, 0.2) is 0 Å². The zero-order chi connectivity index (χ0) is 0. The summed E-state index contributed by atoms with van der Waals surface area (Å²) in [5.41, 5.74) is 0. The maximum atomic E-state index is 0. The van der Waals surface area contributed by atoms with E-state index in [1.807, 2.05) is 0 Å². The van der Waals surface area contributed by atoms with Crippen LogP contribution < -0.4 is 14.1 Å². The smallest absolute Gasteiger partial charge is 0.114 e. The highest BCUT2D eigenvalue weighted by atomic mass is 79.9. The third-order valence-electron chi connectivity index (χ3n) is 0. The van der Waals surface area contributed by atoms with Crippen molar-refractivity contribution < 1.29 is 14.1 Å². The van der Waals surface area contributed by atoms with E-state index >= 15 is 0 Å². The standard InChI is InChI=1S/2BrH.3FH/h5*1H/p-3. The van der Waals surface area contributed by atoms with Crippen LogP contribution in [0.3, 0.4) is 0 Å². The molecular weight excluding hydrogens is 217 g/mol. The van der Waals surface area contributed by atoms with Gasteiger partial charge in [-0.25, -0.2) is 0 Å². The third-order valence-corrected chi connectivity index (χ3v) is 0. The molecule has 0 aliphatic carbocycles. The highest BCUT2D eigenvalue weighted by molar-refractivity contribution is 8.93. The first-order valence-electron chi connectivity index (χ1n) is 0. The number of hydrogen-bond acceptors (Lipinski definition) is 0. The van der Waals surface area contributed by atoms with Gasteiger partial charge in [-0.1, -0.05) is 0 Å². The lowest BCUT2D eigenvalue weighted by molar-refractivity contribution is -0.00100. The average molecular weight is 219 g/mol. The van der Waals surface area contributed by atoms with E-state index < -0.39 is 0 Å². The van der Waals surface area contributed by atoms with Gasteiger partial charge >= 0.3 is 0 Å². The molecule has 0 nitrogen and oxygen atoms in total. The molecule has 0 aromatic heterocycles. The summed E-state index contributed by atoms with van der Waals surface area (Å²) in [7, 11) is 0. The Kier molecular flexibility index (Phi) is 5480. The van der Waals surface area contributed by atoms with Crippen LogP contribution in [0.4, 0.5) is 0 Å². The highest BCUT2D eigenvalue weighted by Crippen LogP contribution is 0.847. The Bertz CT molecular complexity index is 4.85. The molecule has 0 aromatic carbocycles. The monoisotopic (exact) mass is 217 g/mol. The molecule has 0 spiro atoms. The van der Waals surface area contributed by atoms with Crippen LogP contribution in [0.25, 0.3) is 0 Å². The van der Waals surface area contributed by atoms with Crippen LogP contribution in [0.5, 0.6) is 0 Å². The molecule has 0 bridgehead atoms. The lowest BCUT2D eigenvalue weighted by Gasteiger charge is -1.00. The van der Waals surface area contributed by atoms with Gasteiger partial charge in [-0.2, -0.15) is 0 Å². The maximum Gasteiger partial charge on any atom is -0.114 e. The maximum absolute atomic E-state index is 0. The first-order valence-corrected chi connectivity index (χ1v) is 0. The Morgan fingerprint density at radius 1 is 0.400 bits per heavy atom. The fourth-order valence-corrected chi connectivity index (χ4v) is 0. The first-order chi connectivity index (χ1) is 0. The van der Waals surface area contributed by atoms with Crippen molar-refractivity contribution in [1.82, 2.24) is 0 Å². The Hall–Kier alpha value is 0.750. The molecule has 0 atom stereocenters. The Balaban J connectivity index is 0. The van der Waals surface area contributed by atoms with Crippen molar-refractivity contribution in [2.45, 2.75) is 0 Å². The van der Waals surface area contributed by atoms with Crippen LogP contribution in [0.1, 0.15) is 0 Å². The SMILES string of the molecule is Br.Br.[F-].[F-].[F-]. The predicted octanol–water partition coefficient (Wildman–Crippen LogP) is -7.83. The minimum atomic E-state index is 0. The second-order valence-electron chi connectivity index (χ2n) is 0. The molecule has 5 heteroatoms. The fraction of sp³-hybridized carbons (Fsp3) is 0. The van der Waals surface area contributed by atoms with Crippen molar-refractivity contribution >= 4 is 34.0 Å².